The normalized spacial score (nSPS) is 25.7. The molecule has 5 heteroatoms. The summed E-state index contributed by atoms with van der Waals surface area (Å²) in [5.74, 6) is -0.163. The smallest absolute Gasteiger partial charge is 0.232 e. The van der Waals surface area contributed by atoms with Crippen LogP contribution in [0.4, 0.5) is 0 Å². The Bertz CT molecular complexity index is 307. The molecule has 1 N–H and O–H groups in total. The minimum absolute atomic E-state index is 0.000463. The molecule has 0 aromatic rings. The first-order valence-corrected chi connectivity index (χ1v) is 6.82. The Hall–Kier alpha value is -0.940. The first-order valence-electron chi connectivity index (χ1n) is 6.82. The van der Waals surface area contributed by atoms with Crippen LogP contribution >= 0.6 is 0 Å². The largest absolute Gasteiger partial charge is 0.381 e. The number of nitrogens with one attached hydrogen (secondary N) is 1. The van der Waals surface area contributed by atoms with Crippen molar-refractivity contribution in [1.29, 1.82) is 0 Å². The molecule has 102 valence electrons. The van der Waals surface area contributed by atoms with Crippen LogP contribution in [0.3, 0.4) is 0 Å². The highest BCUT2D eigenvalue weighted by Crippen LogP contribution is 2.21. The van der Waals surface area contributed by atoms with Crippen LogP contribution in [-0.2, 0) is 14.3 Å². The Morgan fingerprint density at radius 2 is 1.94 bits per heavy atom. The third-order valence-electron chi connectivity index (χ3n) is 3.78. The van der Waals surface area contributed by atoms with Gasteiger partial charge < -0.3 is 10.1 Å². The fourth-order valence-corrected chi connectivity index (χ4v) is 2.79. The topological polar surface area (TPSA) is 58.6 Å². The van der Waals surface area contributed by atoms with E-state index >= 15 is 0 Å². The average Bonchev–Trinajstić information content (AvgIpc) is 2.40. The molecule has 2 aliphatic heterocycles. The number of hydrogen-bond donors (Lipinski definition) is 1. The Morgan fingerprint density at radius 1 is 1.22 bits per heavy atom. The van der Waals surface area contributed by atoms with Crippen molar-refractivity contribution in [1.82, 2.24) is 10.2 Å². The maximum Gasteiger partial charge on any atom is 0.232 e. The highest BCUT2D eigenvalue weighted by molar-refractivity contribution is 5.95. The molecule has 0 bridgehead atoms. The second-order valence-corrected chi connectivity index (χ2v) is 5.11. The number of rotatable bonds is 2. The van der Waals surface area contributed by atoms with Crippen LogP contribution < -0.4 is 5.32 Å². The molecule has 1 unspecified atom stereocenters. The molecule has 0 radical (unpaired) electrons. The summed E-state index contributed by atoms with van der Waals surface area (Å²) < 4.78 is 5.27. The fourth-order valence-electron chi connectivity index (χ4n) is 2.79. The zero-order valence-electron chi connectivity index (χ0n) is 11.0. The van der Waals surface area contributed by atoms with Crippen molar-refractivity contribution in [3.63, 3.8) is 0 Å². The number of carbonyl (C=O) groups excluding carboxylic acids is 2. The summed E-state index contributed by atoms with van der Waals surface area (Å²) in [7, 11) is 0. The van der Waals surface area contributed by atoms with Crippen LogP contribution in [0.15, 0.2) is 0 Å². The summed E-state index contributed by atoms with van der Waals surface area (Å²) in [5.41, 5.74) is 0. The van der Waals surface area contributed by atoms with Gasteiger partial charge >= 0.3 is 0 Å². The molecule has 2 fully saturated rings. The van der Waals surface area contributed by atoms with Crippen LogP contribution in [0, 0.1) is 5.92 Å². The van der Waals surface area contributed by atoms with Crippen LogP contribution in [0.5, 0.6) is 0 Å². The van der Waals surface area contributed by atoms with E-state index < -0.39 is 0 Å². The fraction of sp³-hybridized carbons (Fsp3) is 0.846. The van der Waals surface area contributed by atoms with Crippen molar-refractivity contribution < 1.29 is 14.3 Å². The van der Waals surface area contributed by atoms with E-state index in [1.165, 1.54) is 11.8 Å². The maximum absolute atomic E-state index is 12.5. The third kappa shape index (κ3) is 3.09. The molecule has 1 atom stereocenters. The maximum atomic E-state index is 12.5. The molecular formula is C13H22N2O3. The summed E-state index contributed by atoms with van der Waals surface area (Å²) in [6.07, 6.45) is 3.42. The van der Waals surface area contributed by atoms with E-state index in [0.717, 1.165) is 38.8 Å². The van der Waals surface area contributed by atoms with Crippen LogP contribution in [0.2, 0.25) is 0 Å². The van der Waals surface area contributed by atoms with Crippen molar-refractivity contribution in [2.45, 2.75) is 38.6 Å². The second kappa shape index (κ2) is 6.29. The van der Waals surface area contributed by atoms with Gasteiger partial charge in [-0.2, -0.15) is 0 Å². The van der Waals surface area contributed by atoms with Gasteiger partial charge in [-0.1, -0.05) is 0 Å². The summed E-state index contributed by atoms with van der Waals surface area (Å²) in [6.45, 7) is 4.46. The van der Waals surface area contributed by atoms with Crippen molar-refractivity contribution >= 4 is 11.8 Å². The molecule has 18 heavy (non-hydrogen) atoms. The van der Waals surface area contributed by atoms with Crippen molar-refractivity contribution in [3.05, 3.63) is 0 Å². The SMILES string of the molecule is CC(=O)N(C(=O)C1CCOCC1)C1CCCNC1. The molecule has 2 heterocycles. The van der Waals surface area contributed by atoms with Gasteiger partial charge in [-0.15, -0.1) is 0 Å². The number of amides is 2. The first-order chi connectivity index (χ1) is 8.70. The van der Waals surface area contributed by atoms with Gasteiger partial charge in [0.2, 0.25) is 11.8 Å². The Labute approximate surface area is 108 Å². The molecule has 2 amide bonds. The zero-order valence-corrected chi connectivity index (χ0v) is 11.0. The summed E-state index contributed by atoms with van der Waals surface area (Å²) in [6, 6.07) is 0.0339. The van der Waals surface area contributed by atoms with E-state index in [4.69, 9.17) is 4.74 Å². The first kappa shape index (κ1) is 13.5. The van der Waals surface area contributed by atoms with Gasteiger partial charge in [-0.05, 0) is 32.2 Å². The number of hydrogen-bond acceptors (Lipinski definition) is 4. The average molecular weight is 254 g/mol. The van der Waals surface area contributed by atoms with Crippen LogP contribution in [0.1, 0.15) is 32.6 Å². The molecule has 0 aliphatic carbocycles. The lowest BCUT2D eigenvalue weighted by molar-refractivity contribution is -0.151. The highest BCUT2D eigenvalue weighted by atomic mass is 16.5. The number of imide groups is 1. The highest BCUT2D eigenvalue weighted by Gasteiger charge is 2.33. The van der Waals surface area contributed by atoms with Gasteiger partial charge in [-0.3, -0.25) is 14.5 Å². The van der Waals surface area contributed by atoms with Crippen molar-refractivity contribution in [2.75, 3.05) is 26.3 Å². The monoisotopic (exact) mass is 254 g/mol. The van der Waals surface area contributed by atoms with E-state index in [-0.39, 0.29) is 23.8 Å². The predicted octanol–water partition coefficient (Wildman–Crippen LogP) is 0.540. The van der Waals surface area contributed by atoms with E-state index in [9.17, 15) is 9.59 Å². The Morgan fingerprint density at radius 3 is 2.50 bits per heavy atom. The molecule has 2 rings (SSSR count). The number of ether oxygens (including phenoxy) is 1. The van der Waals surface area contributed by atoms with Gasteiger partial charge in [-0.25, -0.2) is 0 Å². The minimum atomic E-state index is -0.125. The molecule has 2 aliphatic rings. The summed E-state index contributed by atoms with van der Waals surface area (Å²) >= 11 is 0. The standard InChI is InChI=1S/C13H22N2O3/c1-10(16)15(12-3-2-6-14-9-12)13(17)11-4-7-18-8-5-11/h11-12,14H,2-9H2,1H3. The Balaban J connectivity index is 2.03. The van der Waals surface area contributed by atoms with Crippen molar-refractivity contribution in [2.24, 2.45) is 5.92 Å². The van der Waals surface area contributed by atoms with Crippen LogP contribution in [-0.4, -0.2) is 49.1 Å². The van der Waals surface area contributed by atoms with Gasteiger partial charge in [0, 0.05) is 32.6 Å². The molecule has 5 nitrogen and oxygen atoms in total. The van der Waals surface area contributed by atoms with E-state index in [1.54, 1.807) is 0 Å². The lowest BCUT2D eigenvalue weighted by Gasteiger charge is -2.35. The van der Waals surface area contributed by atoms with E-state index in [0.29, 0.717) is 13.2 Å². The molecule has 2 saturated heterocycles. The van der Waals surface area contributed by atoms with Crippen LogP contribution in [0.25, 0.3) is 0 Å². The van der Waals surface area contributed by atoms with Gasteiger partial charge in [0.1, 0.15) is 0 Å². The molecule has 0 spiro atoms. The predicted molar refractivity (Wildman–Crippen MR) is 67.0 cm³/mol. The summed E-state index contributed by atoms with van der Waals surface area (Å²) in [4.78, 5) is 25.7. The van der Waals surface area contributed by atoms with Gasteiger partial charge in [0.05, 0.1) is 6.04 Å². The number of piperidine rings is 1. The quantitative estimate of drug-likeness (QED) is 0.781. The third-order valence-corrected chi connectivity index (χ3v) is 3.78. The number of carbonyl (C=O) groups is 2. The lowest BCUT2D eigenvalue weighted by atomic mass is 9.96. The Kier molecular flexibility index (Phi) is 4.72. The minimum Gasteiger partial charge on any atom is -0.381 e. The number of nitrogens with zero attached hydrogens (tertiary/aromatic N) is 1. The molecular weight excluding hydrogens is 232 g/mol. The van der Waals surface area contributed by atoms with Crippen molar-refractivity contribution in [3.8, 4) is 0 Å². The zero-order chi connectivity index (χ0) is 13.0. The van der Waals surface area contributed by atoms with E-state index in [1.807, 2.05) is 0 Å². The molecule has 0 aromatic carbocycles. The second-order valence-electron chi connectivity index (χ2n) is 5.11. The summed E-state index contributed by atoms with van der Waals surface area (Å²) in [5, 5.41) is 3.26. The lowest BCUT2D eigenvalue weighted by Crippen LogP contribution is -2.53. The molecule has 0 saturated carbocycles. The molecule has 0 aromatic heterocycles. The van der Waals surface area contributed by atoms with Gasteiger partial charge in [0.25, 0.3) is 0 Å². The van der Waals surface area contributed by atoms with Gasteiger partial charge in [0.15, 0.2) is 0 Å². The van der Waals surface area contributed by atoms with E-state index in [2.05, 4.69) is 5.32 Å².